The summed E-state index contributed by atoms with van der Waals surface area (Å²) in [6.07, 6.45) is 2.59. The molecule has 2 heterocycles. The largest absolute Gasteiger partial charge is 0.271 e. The van der Waals surface area contributed by atoms with Crippen molar-refractivity contribution in [2.75, 3.05) is 0 Å². The van der Waals surface area contributed by atoms with E-state index in [2.05, 4.69) is 5.10 Å². The van der Waals surface area contributed by atoms with Gasteiger partial charge in [-0.05, 0) is 23.7 Å². The summed E-state index contributed by atoms with van der Waals surface area (Å²) < 4.78 is 11.7. The Morgan fingerprint density at radius 1 is 1.36 bits per heavy atom. The minimum absolute atomic E-state index is 0.480. The van der Waals surface area contributed by atoms with Crippen LogP contribution >= 0.6 is 0 Å². The van der Waals surface area contributed by atoms with Crippen molar-refractivity contribution in [1.29, 1.82) is 0 Å². The van der Waals surface area contributed by atoms with Gasteiger partial charge in [-0.2, -0.15) is 0 Å². The summed E-state index contributed by atoms with van der Waals surface area (Å²) in [5.74, 6) is 1.03. The third kappa shape index (κ3) is 1.13. The van der Waals surface area contributed by atoms with Gasteiger partial charge in [0.2, 0.25) is 5.82 Å². The number of hydrogen-bond donors (Lipinski definition) is 0. The second-order valence-electron chi connectivity index (χ2n) is 3.52. The van der Waals surface area contributed by atoms with Gasteiger partial charge in [0.1, 0.15) is 0 Å². The highest BCUT2D eigenvalue weighted by Crippen LogP contribution is 2.09. The summed E-state index contributed by atoms with van der Waals surface area (Å²) in [6, 6.07) is 9.84. The molecule has 3 nitrogen and oxygen atoms in total. The standard InChI is InChI=1S/C11H12N3/c1-2-5-10(6-3-1)14-9-13-8-4-7-11(13)12-14/h1-3,5-6,9H,4,7-8H2/q+1/i9D. The topological polar surface area (TPSA) is 21.7 Å². The molecule has 0 aliphatic carbocycles. The van der Waals surface area contributed by atoms with Crippen LogP contribution in [-0.4, -0.2) is 9.67 Å². The predicted molar refractivity (Wildman–Crippen MR) is 52.1 cm³/mol. The SMILES string of the molecule is [2H]c1n2c(n[n+]1-c1ccccc1)CCC2. The molecule has 2 aromatic rings. The Morgan fingerprint density at radius 3 is 3.00 bits per heavy atom. The molecule has 1 aromatic carbocycles. The molecule has 0 saturated heterocycles. The molecule has 0 N–H and O–H groups in total. The molecule has 0 amide bonds. The molecule has 0 atom stereocenters. The van der Waals surface area contributed by atoms with Crippen molar-refractivity contribution in [2.45, 2.75) is 19.4 Å². The lowest BCUT2D eigenvalue weighted by Crippen LogP contribution is -2.32. The van der Waals surface area contributed by atoms with Crippen molar-refractivity contribution in [2.24, 2.45) is 0 Å². The fourth-order valence-corrected chi connectivity index (χ4v) is 1.81. The fraction of sp³-hybridized carbons (Fsp3) is 0.273. The zero-order valence-electron chi connectivity index (χ0n) is 8.85. The van der Waals surface area contributed by atoms with E-state index in [-0.39, 0.29) is 0 Å². The Hall–Kier alpha value is -1.64. The van der Waals surface area contributed by atoms with Crippen molar-refractivity contribution < 1.29 is 6.05 Å². The van der Waals surface area contributed by atoms with Gasteiger partial charge in [-0.15, -0.1) is 4.68 Å². The van der Waals surface area contributed by atoms with Crippen molar-refractivity contribution in [3.63, 3.8) is 0 Å². The number of aryl methyl sites for hydroxylation is 1. The lowest BCUT2D eigenvalue weighted by Gasteiger charge is -1.90. The maximum absolute atomic E-state index is 8.01. The van der Waals surface area contributed by atoms with Gasteiger partial charge < -0.3 is 0 Å². The minimum Gasteiger partial charge on any atom is -0.216 e. The third-order valence-electron chi connectivity index (χ3n) is 2.53. The first-order chi connectivity index (χ1) is 7.36. The van der Waals surface area contributed by atoms with Gasteiger partial charge in [-0.1, -0.05) is 18.2 Å². The molecular formula is C11H12N3+. The lowest BCUT2D eigenvalue weighted by atomic mass is 10.3. The van der Waals surface area contributed by atoms with Crippen LogP contribution in [0, 0.1) is 0 Å². The van der Waals surface area contributed by atoms with E-state index in [4.69, 9.17) is 1.37 Å². The van der Waals surface area contributed by atoms with Gasteiger partial charge >= 0.3 is 0 Å². The second kappa shape index (κ2) is 2.94. The summed E-state index contributed by atoms with van der Waals surface area (Å²) >= 11 is 0. The van der Waals surface area contributed by atoms with Gasteiger partial charge in [-0.25, -0.2) is 4.57 Å². The van der Waals surface area contributed by atoms with E-state index in [9.17, 15) is 0 Å². The maximum Gasteiger partial charge on any atom is 0.271 e. The molecule has 0 unspecified atom stereocenters. The van der Waals surface area contributed by atoms with Crippen LogP contribution in [0.2, 0.25) is 0 Å². The Labute approximate surface area is 84.0 Å². The van der Waals surface area contributed by atoms with Crippen LogP contribution in [-0.2, 0) is 13.0 Å². The predicted octanol–water partition coefficient (Wildman–Crippen LogP) is 1.11. The summed E-state index contributed by atoms with van der Waals surface area (Å²) in [4.78, 5) is 0. The van der Waals surface area contributed by atoms with Crippen molar-refractivity contribution in [1.82, 2.24) is 9.67 Å². The Balaban J connectivity index is 2.14. The first-order valence-corrected chi connectivity index (χ1v) is 4.90. The molecule has 14 heavy (non-hydrogen) atoms. The average Bonchev–Trinajstić information content (AvgIpc) is 2.83. The van der Waals surface area contributed by atoms with Gasteiger partial charge in [-0.3, -0.25) is 0 Å². The molecule has 0 spiro atoms. The smallest absolute Gasteiger partial charge is 0.216 e. The number of fused-ring (bicyclic) bond motifs is 1. The molecule has 3 heteroatoms. The first kappa shape index (κ1) is 6.76. The molecule has 1 aromatic heterocycles. The van der Waals surface area contributed by atoms with E-state index >= 15 is 0 Å². The van der Waals surface area contributed by atoms with Crippen molar-refractivity contribution >= 4 is 0 Å². The normalized spacial score (nSPS) is 15.3. The van der Waals surface area contributed by atoms with E-state index < -0.39 is 0 Å². The zero-order valence-corrected chi connectivity index (χ0v) is 7.85. The quantitative estimate of drug-likeness (QED) is 0.613. The van der Waals surface area contributed by atoms with Crippen LogP contribution in [0.3, 0.4) is 0 Å². The average molecular weight is 187 g/mol. The molecule has 1 aliphatic rings. The molecular weight excluding hydrogens is 174 g/mol. The molecule has 0 radical (unpaired) electrons. The molecule has 3 rings (SSSR count). The Kier molecular flexibility index (Phi) is 1.42. The number of rotatable bonds is 1. The molecule has 0 saturated carbocycles. The molecule has 1 aliphatic heterocycles. The van der Waals surface area contributed by atoms with Gasteiger partial charge in [0.25, 0.3) is 6.30 Å². The Bertz CT molecular complexity index is 490. The number of hydrogen-bond acceptors (Lipinski definition) is 1. The van der Waals surface area contributed by atoms with E-state index in [1.54, 1.807) is 4.68 Å². The van der Waals surface area contributed by atoms with E-state index in [0.29, 0.717) is 6.30 Å². The molecule has 70 valence electrons. The molecule has 0 fully saturated rings. The second-order valence-corrected chi connectivity index (χ2v) is 3.52. The van der Waals surface area contributed by atoms with E-state index in [1.807, 2.05) is 34.9 Å². The van der Waals surface area contributed by atoms with Crippen LogP contribution in [0.1, 0.15) is 13.6 Å². The monoisotopic (exact) mass is 187 g/mol. The van der Waals surface area contributed by atoms with Crippen molar-refractivity contribution in [3.8, 4) is 5.69 Å². The van der Waals surface area contributed by atoms with Crippen LogP contribution in [0.25, 0.3) is 5.69 Å². The van der Waals surface area contributed by atoms with E-state index in [0.717, 1.165) is 30.9 Å². The van der Waals surface area contributed by atoms with Crippen LogP contribution < -0.4 is 4.68 Å². The van der Waals surface area contributed by atoms with Crippen molar-refractivity contribution in [3.05, 3.63) is 42.5 Å². The lowest BCUT2D eigenvalue weighted by molar-refractivity contribution is -0.658. The maximum atomic E-state index is 8.01. The number of benzene rings is 1. The van der Waals surface area contributed by atoms with Crippen LogP contribution in [0.4, 0.5) is 0 Å². The zero-order chi connectivity index (χ0) is 10.3. The third-order valence-corrected chi connectivity index (χ3v) is 2.53. The summed E-state index contributed by atoms with van der Waals surface area (Å²) in [5.41, 5.74) is 0.962. The summed E-state index contributed by atoms with van der Waals surface area (Å²) in [6.45, 7) is 0.932. The van der Waals surface area contributed by atoms with Gasteiger partial charge in [0, 0.05) is 6.42 Å². The van der Waals surface area contributed by atoms with Crippen LogP contribution in [0.5, 0.6) is 0 Å². The molecule has 0 bridgehead atoms. The summed E-state index contributed by atoms with van der Waals surface area (Å²) in [7, 11) is 0. The fourth-order valence-electron chi connectivity index (χ4n) is 1.81. The minimum atomic E-state index is 0.480. The van der Waals surface area contributed by atoms with Gasteiger partial charge in [0.15, 0.2) is 7.06 Å². The Morgan fingerprint density at radius 2 is 2.21 bits per heavy atom. The summed E-state index contributed by atoms with van der Waals surface area (Å²) in [5, 5.41) is 4.45. The highest BCUT2D eigenvalue weighted by atomic mass is 15.4. The van der Waals surface area contributed by atoms with E-state index in [1.165, 1.54) is 0 Å². The number of aromatic nitrogens is 3. The number of nitrogens with zero attached hydrogens (tertiary/aromatic N) is 3. The number of para-hydroxylation sites is 1. The van der Waals surface area contributed by atoms with Crippen LogP contribution in [0.15, 0.2) is 36.6 Å². The highest BCUT2D eigenvalue weighted by Gasteiger charge is 2.21. The van der Waals surface area contributed by atoms with Gasteiger partial charge in [0.05, 0.1) is 6.54 Å². The first-order valence-electron chi connectivity index (χ1n) is 5.40. The highest BCUT2D eigenvalue weighted by molar-refractivity contribution is 5.20.